The standard InChI is InChI=1S/C16H25NOS/c1-13(2)9-10-14(3)17-16(18)11-12-19-15-7-5-4-6-8-15/h4-8,13-14H,9-12H2,1-3H3,(H,17,18). The molecule has 1 aromatic carbocycles. The Bertz CT molecular complexity index is 364. The van der Waals surface area contributed by atoms with Crippen LogP contribution in [0, 0.1) is 5.92 Å². The molecule has 19 heavy (non-hydrogen) atoms. The Balaban J connectivity index is 2.14. The van der Waals surface area contributed by atoms with E-state index < -0.39 is 0 Å². The van der Waals surface area contributed by atoms with Crippen LogP contribution in [0.25, 0.3) is 0 Å². The molecule has 3 heteroatoms. The molecule has 1 N–H and O–H groups in total. The van der Waals surface area contributed by atoms with Crippen molar-refractivity contribution in [3.63, 3.8) is 0 Å². The molecule has 106 valence electrons. The summed E-state index contributed by atoms with van der Waals surface area (Å²) in [6.45, 7) is 6.51. The minimum absolute atomic E-state index is 0.166. The largest absolute Gasteiger partial charge is 0.354 e. The summed E-state index contributed by atoms with van der Waals surface area (Å²) in [5.41, 5.74) is 0. The number of nitrogens with one attached hydrogen (secondary N) is 1. The van der Waals surface area contributed by atoms with Gasteiger partial charge in [-0.15, -0.1) is 11.8 Å². The molecule has 0 fully saturated rings. The molecule has 1 rings (SSSR count). The average Bonchev–Trinajstić information content (AvgIpc) is 2.37. The van der Waals surface area contributed by atoms with Crippen LogP contribution in [0.5, 0.6) is 0 Å². The molecule has 0 radical (unpaired) electrons. The number of rotatable bonds is 8. The van der Waals surface area contributed by atoms with Gasteiger partial charge in [-0.1, -0.05) is 32.0 Å². The van der Waals surface area contributed by atoms with Crippen LogP contribution in [0.4, 0.5) is 0 Å². The molecule has 0 aliphatic carbocycles. The minimum atomic E-state index is 0.166. The lowest BCUT2D eigenvalue weighted by Crippen LogP contribution is -2.32. The normalized spacial score (nSPS) is 12.4. The average molecular weight is 279 g/mol. The van der Waals surface area contributed by atoms with Gasteiger partial charge >= 0.3 is 0 Å². The summed E-state index contributed by atoms with van der Waals surface area (Å²) in [5.74, 6) is 1.71. The highest BCUT2D eigenvalue weighted by molar-refractivity contribution is 7.99. The van der Waals surface area contributed by atoms with Crippen LogP contribution in [0.1, 0.15) is 40.0 Å². The Labute approximate surface area is 121 Å². The van der Waals surface area contributed by atoms with Crippen LogP contribution in [0.2, 0.25) is 0 Å². The molecule has 0 heterocycles. The Morgan fingerprint density at radius 3 is 2.47 bits per heavy atom. The van der Waals surface area contributed by atoms with Gasteiger partial charge in [0.25, 0.3) is 0 Å². The molecule has 0 aromatic heterocycles. The van der Waals surface area contributed by atoms with Crippen LogP contribution in [-0.2, 0) is 4.79 Å². The minimum Gasteiger partial charge on any atom is -0.354 e. The van der Waals surface area contributed by atoms with Crippen molar-refractivity contribution in [2.75, 3.05) is 5.75 Å². The molecule has 0 bridgehead atoms. The quantitative estimate of drug-likeness (QED) is 0.726. The Morgan fingerprint density at radius 1 is 1.16 bits per heavy atom. The molecule has 1 atom stereocenters. The first-order chi connectivity index (χ1) is 9.08. The molecular formula is C16H25NOS. The van der Waals surface area contributed by atoms with Crippen LogP contribution >= 0.6 is 11.8 Å². The number of thioether (sulfide) groups is 1. The van der Waals surface area contributed by atoms with Gasteiger partial charge in [-0.2, -0.15) is 0 Å². The number of hydrogen-bond acceptors (Lipinski definition) is 2. The van der Waals surface area contributed by atoms with Crippen LogP contribution < -0.4 is 5.32 Å². The fourth-order valence-electron chi connectivity index (χ4n) is 1.78. The molecule has 0 saturated carbocycles. The van der Waals surface area contributed by atoms with E-state index in [1.54, 1.807) is 11.8 Å². The third-order valence-electron chi connectivity index (χ3n) is 2.93. The molecule has 1 amide bonds. The fourth-order valence-corrected chi connectivity index (χ4v) is 2.65. The monoisotopic (exact) mass is 279 g/mol. The van der Waals surface area contributed by atoms with E-state index in [1.165, 1.54) is 11.3 Å². The second-order valence-electron chi connectivity index (χ2n) is 5.35. The number of hydrogen-bond donors (Lipinski definition) is 1. The van der Waals surface area contributed by atoms with Crippen molar-refractivity contribution in [3.8, 4) is 0 Å². The molecular weight excluding hydrogens is 254 g/mol. The third-order valence-corrected chi connectivity index (χ3v) is 3.94. The van der Waals surface area contributed by atoms with Crippen LogP contribution in [0.3, 0.4) is 0 Å². The highest BCUT2D eigenvalue weighted by Gasteiger charge is 2.08. The van der Waals surface area contributed by atoms with Crippen LogP contribution in [0.15, 0.2) is 35.2 Å². The summed E-state index contributed by atoms with van der Waals surface area (Å²) in [6, 6.07) is 10.5. The molecule has 0 aliphatic heterocycles. The number of carbonyl (C=O) groups excluding carboxylic acids is 1. The maximum absolute atomic E-state index is 11.8. The smallest absolute Gasteiger partial charge is 0.221 e. The predicted octanol–water partition coefficient (Wildman–Crippen LogP) is 4.11. The maximum Gasteiger partial charge on any atom is 0.221 e. The summed E-state index contributed by atoms with van der Waals surface area (Å²) in [6.07, 6.45) is 2.82. The SMILES string of the molecule is CC(C)CCC(C)NC(=O)CCSc1ccccc1. The Morgan fingerprint density at radius 2 is 1.84 bits per heavy atom. The van der Waals surface area contributed by atoms with Crippen molar-refractivity contribution in [1.29, 1.82) is 0 Å². The van der Waals surface area contributed by atoms with E-state index in [1.807, 2.05) is 18.2 Å². The second-order valence-corrected chi connectivity index (χ2v) is 6.52. The van der Waals surface area contributed by atoms with Gasteiger partial charge in [0.1, 0.15) is 0 Å². The summed E-state index contributed by atoms with van der Waals surface area (Å²) in [4.78, 5) is 13.0. The van der Waals surface area contributed by atoms with Crippen molar-refractivity contribution < 1.29 is 4.79 Å². The zero-order valence-corrected chi connectivity index (χ0v) is 13.0. The van der Waals surface area contributed by atoms with E-state index in [4.69, 9.17) is 0 Å². The van der Waals surface area contributed by atoms with E-state index in [0.717, 1.165) is 12.2 Å². The molecule has 1 unspecified atom stereocenters. The van der Waals surface area contributed by atoms with Crippen molar-refractivity contribution in [2.45, 2.75) is 51.0 Å². The van der Waals surface area contributed by atoms with E-state index in [-0.39, 0.29) is 11.9 Å². The third kappa shape index (κ3) is 7.93. The van der Waals surface area contributed by atoms with Crippen molar-refractivity contribution in [2.24, 2.45) is 5.92 Å². The van der Waals surface area contributed by atoms with Gasteiger partial charge in [0.15, 0.2) is 0 Å². The first-order valence-corrected chi connectivity index (χ1v) is 8.03. The lowest BCUT2D eigenvalue weighted by atomic mass is 10.0. The summed E-state index contributed by atoms with van der Waals surface area (Å²) in [5, 5.41) is 3.07. The van der Waals surface area contributed by atoms with Gasteiger partial charge in [0.05, 0.1) is 0 Å². The zero-order valence-electron chi connectivity index (χ0n) is 12.2. The van der Waals surface area contributed by atoms with E-state index >= 15 is 0 Å². The number of carbonyl (C=O) groups is 1. The van der Waals surface area contributed by atoms with Gasteiger partial charge in [-0.25, -0.2) is 0 Å². The highest BCUT2D eigenvalue weighted by Crippen LogP contribution is 2.17. The lowest BCUT2D eigenvalue weighted by Gasteiger charge is -2.15. The first-order valence-electron chi connectivity index (χ1n) is 7.05. The van der Waals surface area contributed by atoms with E-state index in [0.29, 0.717) is 12.3 Å². The van der Waals surface area contributed by atoms with Crippen molar-refractivity contribution in [1.82, 2.24) is 5.32 Å². The molecule has 0 saturated heterocycles. The van der Waals surface area contributed by atoms with E-state index in [2.05, 4.69) is 38.2 Å². The molecule has 0 spiro atoms. The fraction of sp³-hybridized carbons (Fsp3) is 0.562. The maximum atomic E-state index is 11.8. The summed E-state index contributed by atoms with van der Waals surface area (Å²) >= 11 is 1.73. The van der Waals surface area contributed by atoms with Crippen molar-refractivity contribution >= 4 is 17.7 Å². The van der Waals surface area contributed by atoms with Gasteiger partial charge in [-0.3, -0.25) is 4.79 Å². The summed E-state index contributed by atoms with van der Waals surface area (Å²) < 4.78 is 0. The topological polar surface area (TPSA) is 29.1 Å². The summed E-state index contributed by atoms with van der Waals surface area (Å²) in [7, 11) is 0. The van der Waals surface area contributed by atoms with Crippen LogP contribution in [-0.4, -0.2) is 17.7 Å². The number of benzene rings is 1. The molecule has 2 nitrogen and oxygen atoms in total. The van der Waals surface area contributed by atoms with Gasteiger partial charge in [-0.05, 0) is 37.8 Å². The molecule has 1 aromatic rings. The first kappa shape index (κ1) is 16.1. The lowest BCUT2D eigenvalue weighted by molar-refractivity contribution is -0.121. The van der Waals surface area contributed by atoms with Gasteiger partial charge in [0.2, 0.25) is 5.91 Å². The highest BCUT2D eigenvalue weighted by atomic mass is 32.2. The predicted molar refractivity (Wildman–Crippen MR) is 83.5 cm³/mol. The second kappa shape index (κ2) is 9.03. The van der Waals surface area contributed by atoms with Gasteiger partial charge < -0.3 is 5.32 Å². The van der Waals surface area contributed by atoms with Gasteiger partial charge in [0, 0.05) is 23.1 Å². The molecule has 0 aliphatic rings. The Hall–Kier alpha value is -0.960. The zero-order chi connectivity index (χ0) is 14.1. The number of amides is 1. The van der Waals surface area contributed by atoms with E-state index in [9.17, 15) is 4.79 Å². The van der Waals surface area contributed by atoms with Crippen molar-refractivity contribution in [3.05, 3.63) is 30.3 Å². The Kier molecular flexibility index (Phi) is 7.65.